The summed E-state index contributed by atoms with van der Waals surface area (Å²) in [6.45, 7) is 3.99. The molecule has 0 aliphatic rings. The summed E-state index contributed by atoms with van der Waals surface area (Å²) in [7, 11) is 0. The second-order valence-electron chi connectivity index (χ2n) is 6.06. The van der Waals surface area contributed by atoms with Crippen LogP contribution in [0, 0.1) is 5.82 Å². The second kappa shape index (κ2) is 7.40. The predicted octanol–water partition coefficient (Wildman–Crippen LogP) is 3.34. The van der Waals surface area contributed by atoms with Crippen LogP contribution < -0.4 is 5.56 Å². The van der Waals surface area contributed by atoms with Gasteiger partial charge in [-0.3, -0.25) is 18.6 Å². The maximum absolute atomic E-state index is 13.0. The minimum atomic E-state index is -0.390. The van der Waals surface area contributed by atoms with Gasteiger partial charge in [0.25, 0.3) is 5.56 Å². The van der Waals surface area contributed by atoms with E-state index in [1.807, 2.05) is 12.1 Å². The summed E-state index contributed by atoms with van der Waals surface area (Å²) >= 11 is 1.22. The Morgan fingerprint density at radius 3 is 2.64 bits per heavy atom. The zero-order chi connectivity index (χ0) is 19.7. The maximum Gasteiger partial charge on any atom is 0.263 e. The van der Waals surface area contributed by atoms with Gasteiger partial charge in [-0.15, -0.1) is 16.8 Å². The molecule has 0 unspecified atom stereocenters. The average Bonchev–Trinajstić information content (AvgIpc) is 3.14. The normalized spacial score (nSPS) is 11.2. The smallest absolute Gasteiger partial charge is 0.263 e. The van der Waals surface area contributed by atoms with Crippen LogP contribution in [0.4, 0.5) is 4.39 Å². The van der Waals surface area contributed by atoms with Crippen LogP contribution in [0.5, 0.6) is 0 Å². The van der Waals surface area contributed by atoms with Crippen molar-refractivity contribution in [3.05, 3.63) is 82.9 Å². The van der Waals surface area contributed by atoms with Gasteiger partial charge in [0.2, 0.25) is 5.78 Å². The van der Waals surface area contributed by atoms with Crippen LogP contribution in [0.1, 0.15) is 10.4 Å². The lowest BCUT2D eigenvalue weighted by molar-refractivity contribution is 0.102. The molecule has 0 fully saturated rings. The number of aromatic nitrogens is 4. The fraction of sp³-hybridized carbons (Fsp3) is 0.100. The summed E-state index contributed by atoms with van der Waals surface area (Å²) in [4.78, 5) is 25.2. The standard InChI is InChI=1S/C20H15FN4O2S/c1-2-11-24-18(27)15-5-3-4-6-16(15)25-19(24)22-23-20(25)28-12-17(26)13-7-9-14(21)10-8-13/h2-10H,1,11-12H2. The number of allylic oxidation sites excluding steroid dienone is 1. The third kappa shape index (κ3) is 3.11. The Labute approximate surface area is 163 Å². The van der Waals surface area contributed by atoms with Gasteiger partial charge < -0.3 is 0 Å². The molecule has 4 aromatic rings. The molecule has 0 aliphatic heterocycles. The lowest BCUT2D eigenvalue weighted by Crippen LogP contribution is -2.22. The number of halogens is 1. The molecule has 0 saturated carbocycles. The fourth-order valence-electron chi connectivity index (χ4n) is 2.97. The average molecular weight is 394 g/mol. The van der Waals surface area contributed by atoms with Crippen LogP contribution in [0.2, 0.25) is 0 Å². The molecule has 0 radical (unpaired) electrons. The second-order valence-corrected chi connectivity index (χ2v) is 7.00. The van der Waals surface area contributed by atoms with E-state index in [0.717, 1.165) is 0 Å². The van der Waals surface area contributed by atoms with Crippen molar-refractivity contribution < 1.29 is 9.18 Å². The topological polar surface area (TPSA) is 69.3 Å². The fourth-order valence-corrected chi connectivity index (χ4v) is 3.80. The predicted molar refractivity (Wildman–Crippen MR) is 106 cm³/mol. The number of carbonyl (C=O) groups is 1. The number of rotatable bonds is 6. The zero-order valence-electron chi connectivity index (χ0n) is 14.7. The van der Waals surface area contributed by atoms with Crippen LogP contribution in [0.3, 0.4) is 0 Å². The number of carbonyl (C=O) groups excluding carboxylic acids is 1. The molecule has 0 amide bonds. The number of Topliss-reactive ketones (excluding diaryl/α,β-unsaturated/α-hetero) is 1. The lowest BCUT2D eigenvalue weighted by Gasteiger charge is -2.09. The van der Waals surface area contributed by atoms with E-state index in [-0.39, 0.29) is 22.9 Å². The van der Waals surface area contributed by atoms with Crippen molar-refractivity contribution in [1.82, 2.24) is 19.2 Å². The number of fused-ring (bicyclic) bond motifs is 3. The number of thioether (sulfide) groups is 1. The molecule has 2 aromatic carbocycles. The largest absolute Gasteiger partial charge is 0.293 e. The Morgan fingerprint density at radius 2 is 1.89 bits per heavy atom. The van der Waals surface area contributed by atoms with Gasteiger partial charge in [-0.05, 0) is 36.4 Å². The van der Waals surface area contributed by atoms with Gasteiger partial charge in [-0.1, -0.05) is 30.0 Å². The van der Waals surface area contributed by atoms with Crippen molar-refractivity contribution in [3.8, 4) is 0 Å². The SMILES string of the molecule is C=CCn1c(=O)c2ccccc2n2c(SCC(=O)c3ccc(F)cc3)nnc12. The van der Waals surface area contributed by atoms with Gasteiger partial charge in [0.15, 0.2) is 10.9 Å². The molecule has 4 rings (SSSR count). The number of ketones is 1. The molecule has 28 heavy (non-hydrogen) atoms. The highest BCUT2D eigenvalue weighted by Gasteiger charge is 2.17. The minimum absolute atomic E-state index is 0.112. The number of hydrogen-bond acceptors (Lipinski definition) is 5. The Bertz CT molecular complexity index is 1260. The van der Waals surface area contributed by atoms with Crippen molar-refractivity contribution in [2.75, 3.05) is 5.75 Å². The van der Waals surface area contributed by atoms with Gasteiger partial charge in [0.1, 0.15) is 5.82 Å². The first kappa shape index (κ1) is 18.1. The quantitative estimate of drug-likeness (QED) is 0.285. The molecule has 8 heteroatoms. The minimum Gasteiger partial charge on any atom is -0.293 e. The molecule has 6 nitrogen and oxygen atoms in total. The summed E-state index contributed by atoms with van der Waals surface area (Å²) < 4.78 is 16.3. The van der Waals surface area contributed by atoms with Crippen molar-refractivity contribution in [2.24, 2.45) is 0 Å². The van der Waals surface area contributed by atoms with Crippen molar-refractivity contribution in [3.63, 3.8) is 0 Å². The molecular weight excluding hydrogens is 379 g/mol. The maximum atomic E-state index is 13.0. The van der Waals surface area contributed by atoms with Crippen LogP contribution in [-0.4, -0.2) is 30.7 Å². The van der Waals surface area contributed by atoms with E-state index < -0.39 is 0 Å². The van der Waals surface area contributed by atoms with E-state index in [4.69, 9.17) is 0 Å². The van der Waals surface area contributed by atoms with E-state index >= 15 is 0 Å². The molecule has 0 aliphatic carbocycles. The summed E-state index contributed by atoms with van der Waals surface area (Å²) in [5.41, 5.74) is 0.926. The van der Waals surface area contributed by atoms with Crippen LogP contribution in [0.15, 0.2) is 71.1 Å². The van der Waals surface area contributed by atoms with Gasteiger partial charge >= 0.3 is 0 Å². The van der Waals surface area contributed by atoms with E-state index in [0.29, 0.717) is 33.9 Å². The van der Waals surface area contributed by atoms with Crippen molar-refractivity contribution in [1.29, 1.82) is 0 Å². The number of nitrogens with zero attached hydrogens (tertiary/aromatic N) is 4. The van der Waals surface area contributed by atoms with E-state index in [1.54, 1.807) is 22.6 Å². The highest BCUT2D eigenvalue weighted by atomic mass is 32.2. The molecule has 0 spiro atoms. The van der Waals surface area contributed by atoms with E-state index in [9.17, 15) is 14.0 Å². The van der Waals surface area contributed by atoms with E-state index in [2.05, 4.69) is 16.8 Å². The molecule has 0 saturated heterocycles. The molecule has 140 valence electrons. The summed E-state index contributed by atoms with van der Waals surface area (Å²) in [6.07, 6.45) is 1.62. The molecule has 2 heterocycles. The first-order valence-corrected chi connectivity index (χ1v) is 9.48. The molecule has 0 atom stereocenters. The van der Waals surface area contributed by atoms with Gasteiger partial charge in [0, 0.05) is 12.1 Å². The summed E-state index contributed by atoms with van der Waals surface area (Å²) in [5.74, 6) is -0.0356. The van der Waals surface area contributed by atoms with Gasteiger partial charge in [-0.25, -0.2) is 4.39 Å². The van der Waals surface area contributed by atoms with Crippen LogP contribution in [-0.2, 0) is 6.54 Å². The van der Waals surface area contributed by atoms with E-state index in [1.165, 1.54) is 40.6 Å². The van der Waals surface area contributed by atoms with Crippen molar-refractivity contribution in [2.45, 2.75) is 11.7 Å². The van der Waals surface area contributed by atoms with Crippen molar-refractivity contribution >= 4 is 34.2 Å². The zero-order valence-corrected chi connectivity index (χ0v) is 15.5. The number of hydrogen-bond donors (Lipinski definition) is 0. The van der Waals surface area contributed by atoms with Gasteiger partial charge in [-0.2, -0.15) is 0 Å². The summed E-state index contributed by atoms with van der Waals surface area (Å²) in [5, 5.41) is 9.37. The Balaban J connectivity index is 1.76. The summed E-state index contributed by atoms with van der Waals surface area (Å²) in [6, 6.07) is 12.6. The number of benzene rings is 2. The first-order valence-electron chi connectivity index (χ1n) is 8.49. The Morgan fingerprint density at radius 1 is 1.14 bits per heavy atom. The third-order valence-corrected chi connectivity index (χ3v) is 5.22. The molecular formula is C20H15FN4O2S. The Hall–Kier alpha value is -3.26. The third-order valence-electron chi connectivity index (χ3n) is 4.29. The Kier molecular flexibility index (Phi) is 4.79. The first-order chi connectivity index (χ1) is 13.6. The van der Waals surface area contributed by atoms with Crippen LogP contribution in [0.25, 0.3) is 16.7 Å². The molecule has 2 aromatic heterocycles. The highest BCUT2D eigenvalue weighted by molar-refractivity contribution is 7.99. The monoisotopic (exact) mass is 394 g/mol. The van der Waals surface area contributed by atoms with Crippen LogP contribution >= 0.6 is 11.8 Å². The molecule has 0 N–H and O–H groups in total. The molecule has 0 bridgehead atoms. The van der Waals surface area contributed by atoms with Gasteiger partial charge in [0.05, 0.1) is 16.7 Å². The number of para-hydroxylation sites is 1. The lowest BCUT2D eigenvalue weighted by atomic mass is 10.1. The highest BCUT2D eigenvalue weighted by Crippen LogP contribution is 2.22.